The molecule has 2 heteroatoms. The molecule has 1 saturated heterocycles. The van der Waals surface area contributed by atoms with E-state index >= 15 is 0 Å². The lowest BCUT2D eigenvalue weighted by Gasteiger charge is -2.56. The van der Waals surface area contributed by atoms with Gasteiger partial charge in [-0.15, -0.1) is 0 Å². The molecule has 5 aliphatic rings. The molecule has 0 radical (unpaired) electrons. The first-order valence-electron chi connectivity index (χ1n) is 9.61. The van der Waals surface area contributed by atoms with Crippen molar-refractivity contribution in [2.45, 2.75) is 89.3 Å². The minimum Gasteiger partial charge on any atom is -0.375 e. The van der Waals surface area contributed by atoms with Crippen molar-refractivity contribution >= 4 is 0 Å². The summed E-state index contributed by atoms with van der Waals surface area (Å²) in [5, 5.41) is 4.14. The molecule has 120 valence electrons. The van der Waals surface area contributed by atoms with Crippen molar-refractivity contribution in [3.8, 4) is 0 Å². The van der Waals surface area contributed by atoms with E-state index < -0.39 is 0 Å². The summed E-state index contributed by atoms with van der Waals surface area (Å²) >= 11 is 0. The number of nitrogens with one attached hydrogen (secondary N) is 1. The molecule has 4 bridgehead atoms. The van der Waals surface area contributed by atoms with Gasteiger partial charge in [0.25, 0.3) is 0 Å². The molecule has 1 aliphatic heterocycles. The third-order valence-corrected chi connectivity index (χ3v) is 7.44. The second kappa shape index (κ2) is 5.53. The largest absolute Gasteiger partial charge is 0.375 e. The Morgan fingerprint density at radius 1 is 0.952 bits per heavy atom. The molecule has 4 saturated carbocycles. The fourth-order valence-electron chi connectivity index (χ4n) is 6.38. The van der Waals surface area contributed by atoms with Crippen LogP contribution in [0.3, 0.4) is 0 Å². The van der Waals surface area contributed by atoms with Crippen LogP contribution in [-0.2, 0) is 4.74 Å². The van der Waals surface area contributed by atoms with E-state index in [9.17, 15) is 0 Å². The summed E-state index contributed by atoms with van der Waals surface area (Å²) in [7, 11) is 0. The average Bonchev–Trinajstić information content (AvgIpc) is 2.50. The van der Waals surface area contributed by atoms with Crippen LogP contribution in [0.4, 0.5) is 0 Å². The fourth-order valence-corrected chi connectivity index (χ4v) is 6.38. The van der Waals surface area contributed by atoms with E-state index in [1.54, 1.807) is 6.42 Å². The molecular formula is C19H33NO. The van der Waals surface area contributed by atoms with E-state index in [0.29, 0.717) is 6.04 Å². The Morgan fingerprint density at radius 3 is 2.14 bits per heavy atom. The Kier molecular flexibility index (Phi) is 3.82. The van der Waals surface area contributed by atoms with Gasteiger partial charge in [-0.05, 0) is 81.5 Å². The van der Waals surface area contributed by atoms with Crippen molar-refractivity contribution in [2.75, 3.05) is 6.61 Å². The van der Waals surface area contributed by atoms with Crippen molar-refractivity contribution in [2.24, 2.45) is 23.7 Å². The van der Waals surface area contributed by atoms with Gasteiger partial charge in [-0.1, -0.05) is 13.8 Å². The Morgan fingerprint density at radius 2 is 1.57 bits per heavy atom. The first-order valence-corrected chi connectivity index (χ1v) is 9.61. The highest BCUT2D eigenvalue weighted by Gasteiger charge is 2.49. The van der Waals surface area contributed by atoms with E-state index in [4.69, 9.17) is 4.74 Å². The molecule has 0 aromatic heterocycles. The van der Waals surface area contributed by atoms with Crippen molar-refractivity contribution in [3.05, 3.63) is 0 Å². The molecule has 5 fully saturated rings. The van der Waals surface area contributed by atoms with Crippen LogP contribution in [0.1, 0.15) is 71.6 Å². The molecule has 5 rings (SSSR count). The van der Waals surface area contributed by atoms with Gasteiger partial charge in [0.15, 0.2) is 0 Å². The van der Waals surface area contributed by atoms with Gasteiger partial charge in [0.05, 0.1) is 5.60 Å². The Balaban J connectivity index is 1.42. The molecular weight excluding hydrogens is 258 g/mol. The highest BCUT2D eigenvalue weighted by atomic mass is 16.5. The summed E-state index contributed by atoms with van der Waals surface area (Å²) in [6, 6.07) is 1.55. The van der Waals surface area contributed by atoms with Gasteiger partial charge in [-0.25, -0.2) is 0 Å². The lowest BCUT2D eigenvalue weighted by atomic mass is 9.54. The monoisotopic (exact) mass is 291 g/mol. The fraction of sp³-hybridized carbons (Fsp3) is 1.00. The molecule has 4 aliphatic carbocycles. The molecule has 0 aromatic rings. The van der Waals surface area contributed by atoms with Crippen LogP contribution in [0.5, 0.6) is 0 Å². The summed E-state index contributed by atoms with van der Waals surface area (Å²) in [5.74, 6) is 4.18. The zero-order valence-electron chi connectivity index (χ0n) is 13.9. The zero-order valence-corrected chi connectivity index (χ0v) is 13.9. The second-order valence-corrected chi connectivity index (χ2v) is 8.55. The van der Waals surface area contributed by atoms with Gasteiger partial charge in [0, 0.05) is 18.7 Å². The van der Waals surface area contributed by atoms with Gasteiger partial charge in [-0.3, -0.25) is 0 Å². The first kappa shape index (κ1) is 14.5. The summed E-state index contributed by atoms with van der Waals surface area (Å²) in [6.07, 6.45) is 12.5. The highest BCUT2D eigenvalue weighted by Crippen LogP contribution is 2.54. The van der Waals surface area contributed by atoms with Gasteiger partial charge in [0.2, 0.25) is 0 Å². The molecule has 0 aromatic carbocycles. The maximum atomic E-state index is 6.16. The van der Waals surface area contributed by atoms with Crippen LogP contribution in [0, 0.1) is 23.7 Å². The van der Waals surface area contributed by atoms with Crippen LogP contribution in [-0.4, -0.2) is 24.3 Å². The average molecular weight is 291 g/mol. The molecule has 0 spiro atoms. The lowest BCUT2D eigenvalue weighted by Crippen LogP contribution is -2.58. The number of ether oxygens (including phenoxy) is 1. The van der Waals surface area contributed by atoms with Crippen molar-refractivity contribution in [3.63, 3.8) is 0 Å². The summed E-state index contributed by atoms with van der Waals surface area (Å²) in [5.41, 5.74) is 0.168. The standard InChI is InChI=1S/C19H33NO/c1-3-19(4-2)12-17(5-6-21-19)20-18-15-8-13-7-14(10-15)11-16(18)9-13/h13-18,20H,3-12H2,1-2H3. The van der Waals surface area contributed by atoms with E-state index in [1.165, 1.54) is 51.4 Å². The maximum absolute atomic E-state index is 6.16. The van der Waals surface area contributed by atoms with E-state index in [2.05, 4.69) is 19.2 Å². The van der Waals surface area contributed by atoms with Crippen molar-refractivity contribution in [1.29, 1.82) is 0 Å². The minimum atomic E-state index is 0.168. The zero-order chi connectivity index (χ0) is 14.4. The molecule has 1 unspecified atom stereocenters. The third kappa shape index (κ3) is 2.57. The molecule has 21 heavy (non-hydrogen) atoms. The highest BCUT2D eigenvalue weighted by molar-refractivity contribution is 5.03. The molecule has 1 N–H and O–H groups in total. The van der Waals surface area contributed by atoms with E-state index in [1.807, 2.05) is 0 Å². The van der Waals surface area contributed by atoms with Crippen LogP contribution >= 0.6 is 0 Å². The van der Waals surface area contributed by atoms with Crippen LogP contribution in [0.2, 0.25) is 0 Å². The topological polar surface area (TPSA) is 21.3 Å². The number of hydrogen-bond acceptors (Lipinski definition) is 2. The van der Waals surface area contributed by atoms with Gasteiger partial charge in [-0.2, -0.15) is 0 Å². The Hall–Kier alpha value is -0.0800. The second-order valence-electron chi connectivity index (χ2n) is 8.55. The van der Waals surface area contributed by atoms with E-state index in [0.717, 1.165) is 36.3 Å². The van der Waals surface area contributed by atoms with Crippen LogP contribution in [0.25, 0.3) is 0 Å². The Labute approximate surface area is 130 Å². The molecule has 2 nitrogen and oxygen atoms in total. The van der Waals surface area contributed by atoms with Gasteiger partial charge in [0.1, 0.15) is 0 Å². The smallest absolute Gasteiger partial charge is 0.0692 e. The number of rotatable bonds is 4. The van der Waals surface area contributed by atoms with Gasteiger partial charge >= 0.3 is 0 Å². The third-order valence-electron chi connectivity index (χ3n) is 7.44. The number of hydrogen-bond donors (Lipinski definition) is 1. The van der Waals surface area contributed by atoms with Crippen molar-refractivity contribution in [1.82, 2.24) is 5.32 Å². The Bertz CT molecular complexity index is 348. The van der Waals surface area contributed by atoms with E-state index in [-0.39, 0.29) is 5.60 Å². The summed E-state index contributed by atoms with van der Waals surface area (Å²) in [4.78, 5) is 0. The van der Waals surface area contributed by atoms with Gasteiger partial charge < -0.3 is 10.1 Å². The normalized spacial score (nSPS) is 47.7. The van der Waals surface area contributed by atoms with Crippen LogP contribution in [0.15, 0.2) is 0 Å². The van der Waals surface area contributed by atoms with Crippen LogP contribution < -0.4 is 5.32 Å². The first-order chi connectivity index (χ1) is 10.2. The SMILES string of the molecule is CCC1(CC)CC(NC2C3CC4CC(C3)CC2C4)CCO1. The molecule has 1 heterocycles. The molecule has 0 amide bonds. The van der Waals surface area contributed by atoms with Crippen molar-refractivity contribution < 1.29 is 4.74 Å². The maximum Gasteiger partial charge on any atom is 0.0692 e. The predicted molar refractivity (Wildman–Crippen MR) is 86.3 cm³/mol. The lowest BCUT2D eigenvalue weighted by molar-refractivity contribution is -0.101. The predicted octanol–water partition coefficient (Wildman–Crippen LogP) is 4.14. The quantitative estimate of drug-likeness (QED) is 0.840. The minimum absolute atomic E-state index is 0.168. The molecule has 1 atom stereocenters. The summed E-state index contributed by atoms with van der Waals surface area (Å²) < 4.78 is 6.16. The summed E-state index contributed by atoms with van der Waals surface area (Å²) in [6.45, 7) is 5.57.